The van der Waals surface area contributed by atoms with Crippen molar-refractivity contribution in [2.75, 3.05) is 32.1 Å². The van der Waals surface area contributed by atoms with Crippen molar-refractivity contribution in [3.05, 3.63) is 18.0 Å². The van der Waals surface area contributed by atoms with Gasteiger partial charge in [-0.05, 0) is 57.7 Å². The van der Waals surface area contributed by atoms with Gasteiger partial charge in [0.05, 0.1) is 0 Å². The summed E-state index contributed by atoms with van der Waals surface area (Å²) in [6.07, 6.45) is 9.19. The molecular formula is C15H24N4. The van der Waals surface area contributed by atoms with Crippen molar-refractivity contribution >= 4 is 5.95 Å². The first kappa shape index (κ1) is 12.9. The lowest BCUT2D eigenvalue weighted by molar-refractivity contribution is 0.00469. The van der Waals surface area contributed by atoms with Gasteiger partial charge in [0, 0.05) is 31.5 Å². The average Bonchev–Trinajstić information content (AvgIpc) is 2.37. The molecule has 0 aromatic carbocycles. The molecule has 0 atom stereocenters. The normalized spacial score (nSPS) is 22.8. The number of hydrogen-bond acceptors (Lipinski definition) is 4. The highest BCUT2D eigenvalue weighted by Gasteiger charge is 2.46. The molecule has 0 radical (unpaired) electrons. The molecular weight excluding hydrogens is 236 g/mol. The van der Waals surface area contributed by atoms with E-state index in [1.807, 2.05) is 19.3 Å². The van der Waals surface area contributed by atoms with Gasteiger partial charge in [0.15, 0.2) is 0 Å². The SMILES string of the molecule is Cc1cnc(N2CCC3(CC2)CC(N(C)C)C3)nc1. The molecule has 104 valence electrons. The van der Waals surface area contributed by atoms with Crippen LogP contribution < -0.4 is 4.90 Å². The van der Waals surface area contributed by atoms with Crippen LogP contribution in [-0.4, -0.2) is 48.1 Å². The fourth-order valence-electron chi connectivity index (χ4n) is 3.44. The lowest BCUT2D eigenvalue weighted by Gasteiger charge is -2.54. The van der Waals surface area contributed by atoms with E-state index < -0.39 is 0 Å². The molecule has 1 spiro atoms. The van der Waals surface area contributed by atoms with Gasteiger partial charge in [-0.2, -0.15) is 0 Å². The highest BCUT2D eigenvalue weighted by Crippen LogP contribution is 2.50. The van der Waals surface area contributed by atoms with E-state index in [9.17, 15) is 0 Å². The van der Waals surface area contributed by atoms with E-state index in [0.29, 0.717) is 5.41 Å². The Morgan fingerprint density at radius 1 is 1.16 bits per heavy atom. The third kappa shape index (κ3) is 2.46. The Hall–Kier alpha value is -1.16. The van der Waals surface area contributed by atoms with E-state index in [0.717, 1.165) is 30.6 Å². The summed E-state index contributed by atoms with van der Waals surface area (Å²) in [5, 5.41) is 0. The van der Waals surface area contributed by atoms with Gasteiger partial charge < -0.3 is 9.80 Å². The van der Waals surface area contributed by atoms with Crippen LogP contribution in [0.5, 0.6) is 0 Å². The van der Waals surface area contributed by atoms with Gasteiger partial charge in [0.2, 0.25) is 5.95 Å². The van der Waals surface area contributed by atoms with Gasteiger partial charge in [-0.25, -0.2) is 9.97 Å². The number of nitrogens with zero attached hydrogens (tertiary/aromatic N) is 4. The highest BCUT2D eigenvalue weighted by molar-refractivity contribution is 5.31. The molecule has 0 bridgehead atoms. The van der Waals surface area contributed by atoms with Gasteiger partial charge in [-0.15, -0.1) is 0 Å². The monoisotopic (exact) mass is 260 g/mol. The van der Waals surface area contributed by atoms with Crippen LogP contribution in [0.1, 0.15) is 31.2 Å². The maximum absolute atomic E-state index is 4.44. The maximum Gasteiger partial charge on any atom is 0.225 e. The maximum atomic E-state index is 4.44. The molecule has 4 nitrogen and oxygen atoms in total. The third-order valence-electron chi connectivity index (χ3n) is 4.94. The Bertz CT molecular complexity index is 424. The number of rotatable bonds is 2. The summed E-state index contributed by atoms with van der Waals surface area (Å²) in [6.45, 7) is 4.26. The molecule has 0 N–H and O–H groups in total. The van der Waals surface area contributed by atoms with Crippen LogP contribution in [-0.2, 0) is 0 Å². The molecule has 1 aromatic heterocycles. The van der Waals surface area contributed by atoms with Gasteiger partial charge >= 0.3 is 0 Å². The van der Waals surface area contributed by atoms with Gasteiger partial charge in [-0.1, -0.05) is 0 Å². The largest absolute Gasteiger partial charge is 0.341 e. The predicted molar refractivity (Wildman–Crippen MR) is 77.4 cm³/mol. The van der Waals surface area contributed by atoms with Gasteiger partial charge in [0.1, 0.15) is 0 Å². The molecule has 3 rings (SSSR count). The highest BCUT2D eigenvalue weighted by atomic mass is 15.3. The molecule has 19 heavy (non-hydrogen) atoms. The summed E-state index contributed by atoms with van der Waals surface area (Å²) in [4.78, 5) is 13.6. The Balaban J connectivity index is 1.57. The van der Waals surface area contributed by atoms with Crippen molar-refractivity contribution in [3.63, 3.8) is 0 Å². The summed E-state index contributed by atoms with van der Waals surface area (Å²) < 4.78 is 0. The molecule has 1 aromatic rings. The second-order valence-corrected chi connectivity index (χ2v) is 6.57. The molecule has 4 heteroatoms. The second kappa shape index (κ2) is 4.75. The number of hydrogen-bond donors (Lipinski definition) is 0. The molecule has 1 aliphatic carbocycles. The van der Waals surface area contributed by atoms with E-state index in [-0.39, 0.29) is 0 Å². The van der Waals surface area contributed by atoms with Crippen LogP contribution >= 0.6 is 0 Å². The average molecular weight is 260 g/mol. The minimum atomic E-state index is 0.621. The van der Waals surface area contributed by atoms with Crippen molar-refractivity contribution in [3.8, 4) is 0 Å². The first-order valence-corrected chi connectivity index (χ1v) is 7.28. The molecule has 0 amide bonds. The minimum Gasteiger partial charge on any atom is -0.341 e. The van der Waals surface area contributed by atoms with E-state index in [1.165, 1.54) is 25.7 Å². The number of piperidine rings is 1. The summed E-state index contributed by atoms with van der Waals surface area (Å²) >= 11 is 0. The van der Waals surface area contributed by atoms with Crippen LogP contribution in [0.25, 0.3) is 0 Å². The molecule has 1 saturated carbocycles. The Kier molecular flexibility index (Phi) is 3.21. The van der Waals surface area contributed by atoms with Crippen LogP contribution in [0.4, 0.5) is 5.95 Å². The van der Waals surface area contributed by atoms with Crippen LogP contribution in [0.3, 0.4) is 0 Å². The van der Waals surface area contributed by atoms with Crippen molar-refractivity contribution in [1.82, 2.24) is 14.9 Å². The molecule has 2 aliphatic rings. The third-order valence-corrected chi connectivity index (χ3v) is 4.94. The Labute approximate surface area is 115 Å². The van der Waals surface area contributed by atoms with E-state index >= 15 is 0 Å². The second-order valence-electron chi connectivity index (χ2n) is 6.57. The van der Waals surface area contributed by atoms with Crippen molar-refractivity contribution < 1.29 is 0 Å². The van der Waals surface area contributed by atoms with Crippen LogP contribution in [0, 0.1) is 12.3 Å². The van der Waals surface area contributed by atoms with Crippen molar-refractivity contribution in [2.45, 2.75) is 38.6 Å². The Morgan fingerprint density at radius 3 is 2.26 bits per heavy atom. The fraction of sp³-hybridized carbons (Fsp3) is 0.733. The number of aromatic nitrogens is 2. The smallest absolute Gasteiger partial charge is 0.225 e. The quantitative estimate of drug-likeness (QED) is 0.815. The zero-order valence-electron chi connectivity index (χ0n) is 12.3. The lowest BCUT2D eigenvalue weighted by atomic mass is 9.60. The molecule has 1 saturated heterocycles. The molecule has 1 aliphatic heterocycles. The first-order chi connectivity index (χ1) is 9.08. The van der Waals surface area contributed by atoms with E-state index in [2.05, 4.69) is 33.9 Å². The summed E-state index contributed by atoms with van der Waals surface area (Å²) in [7, 11) is 4.40. The minimum absolute atomic E-state index is 0.621. The standard InChI is InChI=1S/C15H24N4/c1-12-10-16-14(17-11-12)19-6-4-15(5-7-19)8-13(9-15)18(2)3/h10-11,13H,4-9H2,1-3H3. The van der Waals surface area contributed by atoms with Crippen molar-refractivity contribution in [1.29, 1.82) is 0 Å². The van der Waals surface area contributed by atoms with Crippen molar-refractivity contribution in [2.24, 2.45) is 5.41 Å². The fourth-order valence-corrected chi connectivity index (χ4v) is 3.44. The van der Waals surface area contributed by atoms with E-state index in [1.54, 1.807) is 0 Å². The zero-order chi connectivity index (χ0) is 13.5. The summed E-state index contributed by atoms with van der Waals surface area (Å²) in [5.74, 6) is 0.906. The molecule has 0 unspecified atom stereocenters. The summed E-state index contributed by atoms with van der Waals surface area (Å²) in [5.41, 5.74) is 1.75. The predicted octanol–water partition coefficient (Wildman–Crippen LogP) is 2.10. The molecule has 2 heterocycles. The number of aryl methyl sites for hydroxylation is 1. The lowest BCUT2D eigenvalue weighted by Crippen LogP contribution is -2.53. The molecule has 2 fully saturated rings. The first-order valence-electron chi connectivity index (χ1n) is 7.28. The Morgan fingerprint density at radius 2 is 1.74 bits per heavy atom. The number of anilines is 1. The summed E-state index contributed by atoms with van der Waals surface area (Å²) in [6, 6.07) is 0.808. The topological polar surface area (TPSA) is 32.3 Å². The van der Waals surface area contributed by atoms with Crippen LogP contribution in [0.2, 0.25) is 0 Å². The van der Waals surface area contributed by atoms with E-state index in [4.69, 9.17) is 0 Å². The zero-order valence-corrected chi connectivity index (χ0v) is 12.3. The van der Waals surface area contributed by atoms with Gasteiger partial charge in [0.25, 0.3) is 0 Å². The van der Waals surface area contributed by atoms with Gasteiger partial charge in [-0.3, -0.25) is 0 Å². The van der Waals surface area contributed by atoms with Crippen LogP contribution in [0.15, 0.2) is 12.4 Å².